The van der Waals surface area contributed by atoms with E-state index in [4.69, 9.17) is 0 Å². The second kappa shape index (κ2) is 4.99. The van der Waals surface area contributed by atoms with Crippen LogP contribution in [0.2, 0.25) is 0 Å². The summed E-state index contributed by atoms with van der Waals surface area (Å²) in [6, 6.07) is 0. The molecule has 80 valence electrons. The van der Waals surface area contributed by atoms with Crippen LogP contribution >= 0.6 is 0 Å². The molecule has 0 radical (unpaired) electrons. The summed E-state index contributed by atoms with van der Waals surface area (Å²) in [6.45, 7) is 12.9. The van der Waals surface area contributed by atoms with E-state index in [0.717, 1.165) is 18.8 Å². The van der Waals surface area contributed by atoms with Crippen LogP contribution in [0.4, 0.5) is 0 Å². The van der Waals surface area contributed by atoms with E-state index in [-0.39, 0.29) is 0 Å². The molecule has 0 rings (SSSR count). The molecule has 0 aliphatic carbocycles. The van der Waals surface area contributed by atoms with Crippen LogP contribution in [0.25, 0.3) is 0 Å². The zero-order valence-corrected chi connectivity index (χ0v) is 10.1. The van der Waals surface area contributed by atoms with Crippen molar-refractivity contribution in [3.05, 3.63) is 0 Å². The van der Waals surface area contributed by atoms with Crippen molar-refractivity contribution in [2.75, 3.05) is 0 Å². The van der Waals surface area contributed by atoms with Crippen LogP contribution in [0.5, 0.6) is 0 Å². The lowest BCUT2D eigenvalue weighted by Crippen LogP contribution is -2.31. The van der Waals surface area contributed by atoms with Gasteiger partial charge in [-0.2, -0.15) is 0 Å². The zero-order valence-electron chi connectivity index (χ0n) is 10.1. The molecule has 0 bridgehead atoms. The normalized spacial score (nSPS) is 19.2. The van der Waals surface area contributed by atoms with Gasteiger partial charge in [0, 0.05) is 0 Å². The average molecular weight is 186 g/mol. The molecule has 1 heteroatoms. The third-order valence-electron chi connectivity index (χ3n) is 3.49. The Kier molecular flexibility index (Phi) is 4.98. The van der Waals surface area contributed by atoms with E-state index in [1.54, 1.807) is 0 Å². The predicted octanol–water partition coefficient (Wildman–Crippen LogP) is 3.47. The Morgan fingerprint density at radius 1 is 1.08 bits per heavy atom. The van der Waals surface area contributed by atoms with Crippen molar-refractivity contribution < 1.29 is 5.11 Å². The van der Waals surface area contributed by atoms with Gasteiger partial charge in [-0.1, -0.05) is 34.6 Å². The van der Waals surface area contributed by atoms with Gasteiger partial charge >= 0.3 is 0 Å². The van der Waals surface area contributed by atoms with E-state index in [1.165, 1.54) is 0 Å². The summed E-state index contributed by atoms with van der Waals surface area (Å²) < 4.78 is 0. The van der Waals surface area contributed by atoms with Gasteiger partial charge in [-0.05, 0) is 37.5 Å². The van der Waals surface area contributed by atoms with Gasteiger partial charge in [0.2, 0.25) is 0 Å². The molecule has 0 aliphatic heterocycles. The summed E-state index contributed by atoms with van der Waals surface area (Å²) in [7, 11) is 0. The van der Waals surface area contributed by atoms with Gasteiger partial charge < -0.3 is 5.11 Å². The molecule has 2 unspecified atom stereocenters. The Morgan fingerprint density at radius 2 is 1.54 bits per heavy atom. The van der Waals surface area contributed by atoms with Crippen molar-refractivity contribution in [2.24, 2.45) is 17.8 Å². The molecule has 1 N–H and O–H groups in total. The fraction of sp³-hybridized carbons (Fsp3) is 1.00. The summed E-state index contributed by atoms with van der Waals surface area (Å²) in [5, 5.41) is 10.0. The summed E-state index contributed by atoms with van der Waals surface area (Å²) in [5.74, 6) is 1.79. The van der Waals surface area contributed by atoms with Crippen LogP contribution in [-0.4, -0.2) is 10.7 Å². The Bertz CT molecular complexity index is 136. The van der Waals surface area contributed by atoms with E-state index >= 15 is 0 Å². The first-order valence-corrected chi connectivity index (χ1v) is 5.49. The Morgan fingerprint density at radius 3 is 1.85 bits per heavy atom. The topological polar surface area (TPSA) is 20.2 Å². The second-order valence-electron chi connectivity index (χ2n) is 5.27. The summed E-state index contributed by atoms with van der Waals surface area (Å²) in [5.41, 5.74) is -0.483. The minimum atomic E-state index is -0.483. The molecule has 0 amide bonds. The molecule has 0 fully saturated rings. The van der Waals surface area contributed by atoms with Gasteiger partial charge in [-0.3, -0.25) is 0 Å². The minimum Gasteiger partial charge on any atom is -0.390 e. The van der Waals surface area contributed by atoms with Crippen LogP contribution in [0.15, 0.2) is 0 Å². The van der Waals surface area contributed by atoms with Gasteiger partial charge in [0.1, 0.15) is 0 Å². The molecule has 0 saturated carbocycles. The quantitative estimate of drug-likeness (QED) is 0.697. The molecule has 0 aromatic heterocycles. The molecule has 0 saturated heterocycles. The van der Waals surface area contributed by atoms with E-state index in [1.807, 2.05) is 6.92 Å². The van der Waals surface area contributed by atoms with Crippen molar-refractivity contribution in [3.8, 4) is 0 Å². The molecule has 0 spiro atoms. The number of hydrogen-bond donors (Lipinski definition) is 1. The lowest BCUT2D eigenvalue weighted by molar-refractivity contribution is -0.00107. The highest BCUT2D eigenvalue weighted by Crippen LogP contribution is 2.26. The van der Waals surface area contributed by atoms with Gasteiger partial charge in [-0.15, -0.1) is 0 Å². The number of aliphatic hydroxyl groups is 1. The maximum atomic E-state index is 10.0. The highest BCUT2D eigenvalue weighted by Gasteiger charge is 2.25. The summed E-state index contributed by atoms with van der Waals surface area (Å²) in [4.78, 5) is 0. The van der Waals surface area contributed by atoms with Crippen molar-refractivity contribution in [1.29, 1.82) is 0 Å². The van der Waals surface area contributed by atoms with E-state index in [9.17, 15) is 5.11 Å². The van der Waals surface area contributed by atoms with Crippen molar-refractivity contribution in [1.82, 2.24) is 0 Å². The standard InChI is InChI=1S/C12H26O/c1-9(2)11(5)7-8-12(6,13)10(3)4/h9-11,13H,7-8H2,1-6H3. The van der Waals surface area contributed by atoms with E-state index in [2.05, 4.69) is 34.6 Å². The molecule has 0 aliphatic rings. The first-order valence-electron chi connectivity index (χ1n) is 5.49. The highest BCUT2D eigenvalue weighted by atomic mass is 16.3. The molecular weight excluding hydrogens is 160 g/mol. The fourth-order valence-electron chi connectivity index (χ4n) is 1.14. The van der Waals surface area contributed by atoms with E-state index in [0.29, 0.717) is 11.8 Å². The van der Waals surface area contributed by atoms with Crippen molar-refractivity contribution in [2.45, 2.75) is 60.0 Å². The second-order valence-corrected chi connectivity index (χ2v) is 5.27. The number of rotatable bonds is 5. The lowest BCUT2D eigenvalue weighted by Gasteiger charge is -2.29. The maximum Gasteiger partial charge on any atom is 0.0642 e. The Hall–Kier alpha value is -0.0400. The minimum absolute atomic E-state index is 0.354. The largest absolute Gasteiger partial charge is 0.390 e. The molecule has 13 heavy (non-hydrogen) atoms. The van der Waals surface area contributed by atoms with Crippen LogP contribution in [0.1, 0.15) is 54.4 Å². The van der Waals surface area contributed by atoms with E-state index < -0.39 is 5.60 Å². The lowest BCUT2D eigenvalue weighted by atomic mass is 9.83. The maximum absolute atomic E-state index is 10.0. The molecule has 0 heterocycles. The van der Waals surface area contributed by atoms with Crippen LogP contribution < -0.4 is 0 Å². The third kappa shape index (κ3) is 4.66. The van der Waals surface area contributed by atoms with Crippen LogP contribution in [-0.2, 0) is 0 Å². The zero-order chi connectivity index (χ0) is 10.6. The summed E-state index contributed by atoms with van der Waals surface area (Å²) in [6.07, 6.45) is 2.05. The average Bonchev–Trinajstić information content (AvgIpc) is 1.99. The first-order chi connectivity index (χ1) is 5.77. The fourth-order valence-corrected chi connectivity index (χ4v) is 1.14. The Labute approximate surface area is 83.5 Å². The summed E-state index contributed by atoms with van der Waals surface area (Å²) >= 11 is 0. The monoisotopic (exact) mass is 186 g/mol. The van der Waals surface area contributed by atoms with Gasteiger partial charge in [0.15, 0.2) is 0 Å². The molecular formula is C12H26O. The third-order valence-corrected chi connectivity index (χ3v) is 3.49. The van der Waals surface area contributed by atoms with Gasteiger partial charge in [-0.25, -0.2) is 0 Å². The van der Waals surface area contributed by atoms with Crippen molar-refractivity contribution >= 4 is 0 Å². The van der Waals surface area contributed by atoms with Crippen LogP contribution in [0, 0.1) is 17.8 Å². The molecule has 1 nitrogen and oxygen atoms in total. The SMILES string of the molecule is CC(C)C(C)CCC(C)(O)C(C)C. The predicted molar refractivity (Wildman–Crippen MR) is 58.7 cm³/mol. The molecule has 0 aromatic carbocycles. The smallest absolute Gasteiger partial charge is 0.0642 e. The number of hydrogen-bond acceptors (Lipinski definition) is 1. The highest BCUT2D eigenvalue weighted by molar-refractivity contribution is 4.77. The molecule has 0 aromatic rings. The first kappa shape index (κ1) is 13.0. The molecule has 2 atom stereocenters. The van der Waals surface area contributed by atoms with Gasteiger partial charge in [0.05, 0.1) is 5.60 Å². The Balaban J connectivity index is 3.88. The van der Waals surface area contributed by atoms with Gasteiger partial charge in [0.25, 0.3) is 0 Å². The van der Waals surface area contributed by atoms with Crippen LogP contribution in [0.3, 0.4) is 0 Å². The van der Waals surface area contributed by atoms with Crippen molar-refractivity contribution in [3.63, 3.8) is 0 Å².